The third-order valence-electron chi connectivity index (χ3n) is 12.8. The van der Waals surface area contributed by atoms with E-state index in [1.807, 2.05) is 92.7 Å². The second-order valence-corrected chi connectivity index (χ2v) is 17.5. The van der Waals surface area contributed by atoms with E-state index in [0.717, 1.165) is 134 Å². The Hall–Kier alpha value is -5.91. The molecule has 2 saturated carbocycles. The summed E-state index contributed by atoms with van der Waals surface area (Å²) in [6, 6.07) is 32.4. The predicted molar refractivity (Wildman–Crippen MR) is 249 cm³/mol. The van der Waals surface area contributed by atoms with Gasteiger partial charge in [0.25, 0.3) is 11.1 Å². The summed E-state index contributed by atoms with van der Waals surface area (Å²) < 4.78 is 3.46. The molecule has 5 N–H and O–H groups in total. The molecule has 0 spiro atoms. The van der Waals surface area contributed by atoms with Crippen LogP contribution in [0.5, 0.6) is 0 Å². The van der Waals surface area contributed by atoms with Crippen LogP contribution in [0.25, 0.3) is 76.5 Å². The Morgan fingerprint density at radius 2 is 1.07 bits per heavy atom. The molecule has 0 saturated heterocycles. The number of nitrogens with zero attached hydrogens (tertiary/aromatic N) is 4. The molecule has 0 unspecified atom stereocenters. The summed E-state index contributed by atoms with van der Waals surface area (Å²) in [6.07, 6.45) is 7.16. The molecular weight excluding hydrogens is 784 g/mol. The largest absolute Gasteiger partial charge is 0.393 e. The maximum atomic E-state index is 13.5. The summed E-state index contributed by atoms with van der Waals surface area (Å²) in [7, 11) is 0. The fourth-order valence-electron chi connectivity index (χ4n) is 9.57. The van der Waals surface area contributed by atoms with E-state index in [1.165, 1.54) is 0 Å². The topological polar surface area (TPSA) is 147 Å². The van der Waals surface area contributed by atoms with Crippen LogP contribution in [0.15, 0.2) is 107 Å². The van der Waals surface area contributed by atoms with E-state index in [2.05, 4.69) is 23.5 Å². The number of pyridine rings is 2. The molecule has 2 aliphatic carbocycles. The van der Waals surface area contributed by atoms with Crippen LogP contribution < -0.4 is 22.2 Å². The van der Waals surface area contributed by atoms with Crippen molar-refractivity contribution in [3.63, 3.8) is 0 Å². The number of aromatic nitrogens is 4. The van der Waals surface area contributed by atoms with Gasteiger partial charge in [0.1, 0.15) is 11.3 Å². The molecule has 0 aliphatic heterocycles. The number of hydrogen-bond acceptors (Lipinski definition) is 8. The first kappa shape index (κ1) is 39.2. The highest BCUT2D eigenvalue weighted by Crippen LogP contribution is 2.36. The smallest absolute Gasteiger partial charge is 0.264 e. The zero-order valence-electron chi connectivity index (χ0n) is 34.2. The lowest BCUT2D eigenvalue weighted by molar-refractivity contribution is 0.123. The number of rotatable bonds is 2. The lowest BCUT2D eigenvalue weighted by atomic mass is 9.92. The fourth-order valence-corrected chi connectivity index (χ4v) is 9.79. The van der Waals surface area contributed by atoms with E-state index >= 15 is 0 Å². The fraction of sp³-hybridized carbons (Fsp3) is 0.280. The summed E-state index contributed by atoms with van der Waals surface area (Å²) in [5.74, 6) is 0. The van der Waals surface area contributed by atoms with Crippen molar-refractivity contribution in [2.24, 2.45) is 5.73 Å². The van der Waals surface area contributed by atoms with Gasteiger partial charge >= 0.3 is 0 Å². The molecule has 4 heterocycles. The number of nitrogens with two attached hydrogens (primary N) is 1. The zero-order chi connectivity index (χ0) is 42.1. The van der Waals surface area contributed by atoms with Crippen LogP contribution >= 0.6 is 11.6 Å². The SMILES string of the molecule is Cc1ccc2c(c1)nc1c3ccc(Cl)c4cccc(c(=O)n21)c43.Cc1ccc2c(c1)nc1c3ccc(NC4CCC(O)CC4)c4cccc(c(=O)n21)c43.NC1CCC(O)CC1. The first-order valence-electron chi connectivity index (χ1n) is 21.3. The molecule has 0 atom stereocenters. The van der Waals surface area contributed by atoms with Crippen LogP contribution in [0.4, 0.5) is 5.69 Å². The number of aliphatic hydroxyl groups is 2. The molecule has 11 heteroatoms. The number of aliphatic hydroxyl groups excluding tert-OH is 2. The third kappa shape index (κ3) is 6.88. The molecule has 2 aliphatic rings. The van der Waals surface area contributed by atoms with E-state index in [1.54, 1.807) is 8.80 Å². The van der Waals surface area contributed by atoms with E-state index in [0.29, 0.717) is 28.1 Å². The van der Waals surface area contributed by atoms with Gasteiger partial charge in [0.15, 0.2) is 0 Å². The van der Waals surface area contributed by atoms with Crippen LogP contribution in [-0.4, -0.2) is 53.3 Å². The average Bonchev–Trinajstić information content (AvgIpc) is 3.84. The van der Waals surface area contributed by atoms with Gasteiger partial charge in [-0.25, -0.2) is 9.97 Å². The quantitative estimate of drug-likeness (QED) is 0.135. The normalized spacial score (nSPS) is 19.6. The summed E-state index contributed by atoms with van der Waals surface area (Å²) in [6.45, 7) is 4.06. The van der Waals surface area contributed by atoms with Gasteiger partial charge in [0.05, 0.1) is 34.3 Å². The number of nitrogens with one attached hydrogen (secondary N) is 1. The highest BCUT2D eigenvalue weighted by molar-refractivity contribution is 6.37. The lowest BCUT2D eigenvalue weighted by Gasteiger charge is -2.27. The maximum absolute atomic E-state index is 13.5. The molecule has 0 radical (unpaired) electrons. The molecule has 0 amide bonds. The average molecular weight is 831 g/mol. The van der Waals surface area contributed by atoms with Crippen molar-refractivity contribution in [3.8, 4) is 0 Å². The van der Waals surface area contributed by atoms with Crippen molar-refractivity contribution >= 4 is 93.7 Å². The molecule has 4 aromatic heterocycles. The Bertz CT molecular complexity index is 3390. The van der Waals surface area contributed by atoms with Crippen molar-refractivity contribution in [1.82, 2.24) is 18.8 Å². The van der Waals surface area contributed by atoms with Crippen LogP contribution in [-0.2, 0) is 0 Å². The highest BCUT2D eigenvalue weighted by atomic mass is 35.5. The monoisotopic (exact) mass is 830 g/mol. The van der Waals surface area contributed by atoms with Crippen LogP contribution in [0, 0.1) is 13.8 Å². The van der Waals surface area contributed by atoms with Gasteiger partial charge in [0, 0.05) is 65.9 Å². The van der Waals surface area contributed by atoms with Gasteiger partial charge in [-0.15, -0.1) is 0 Å². The lowest BCUT2D eigenvalue weighted by Crippen LogP contribution is -2.28. The number of aryl methyl sites for hydroxylation is 2. The predicted octanol–water partition coefficient (Wildman–Crippen LogP) is 9.42. The van der Waals surface area contributed by atoms with E-state index in [9.17, 15) is 14.7 Å². The summed E-state index contributed by atoms with van der Waals surface area (Å²) in [5.41, 5.74) is 13.6. The van der Waals surface area contributed by atoms with E-state index in [4.69, 9.17) is 32.4 Å². The van der Waals surface area contributed by atoms with Crippen molar-refractivity contribution in [1.29, 1.82) is 0 Å². The Morgan fingerprint density at radius 3 is 1.61 bits per heavy atom. The van der Waals surface area contributed by atoms with E-state index < -0.39 is 0 Å². The van der Waals surface area contributed by atoms with Crippen molar-refractivity contribution in [2.45, 2.75) is 89.5 Å². The highest BCUT2D eigenvalue weighted by Gasteiger charge is 2.22. The van der Waals surface area contributed by atoms with Gasteiger partial charge in [-0.1, -0.05) is 48.0 Å². The molecular formula is C50H47ClN6O4. The molecule has 12 rings (SSSR count). The van der Waals surface area contributed by atoms with Crippen molar-refractivity contribution in [2.75, 3.05) is 5.32 Å². The van der Waals surface area contributed by atoms with Crippen LogP contribution in [0.2, 0.25) is 5.02 Å². The maximum Gasteiger partial charge on any atom is 0.264 e. The molecule has 10 nitrogen and oxygen atoms in total. The number of benzene rings is 6. The Kier molecular flexibility index (Phi) is 9.99. The molecule has 10 aromatic rings. The number of anilines is 1. The minimum absolute atomic E-state index is 0.0209. The van der Waals surface area contributed by atoms with Gasteiger partial charge in [0.2, 0.25) is 0 Å². The molecule has 308 valence electrons. The van der Waals surface area contributed by atoms with Gasteiger partial charge in [-0.2, -0.15) is 0 Å². The minimum atomic E-state index is -0.173. The zero-order valence-corrected chi connectivity index (χ0v) is 34.9. The number of imidazole rings is 2. The first-order valence-corrected chi connectivity index (χ1v) is 21.7. The number of fused-ring (bicyclic) bond motifs is 8. The third-order valence-corrected chi connectivity index (χ3v) is 13.1. The first-order chi connectivity index (χ1) is 29.5. The molecule has 2 fully saturated rings. The molecule has 61 heavy (non-hydrogen) atoms. The summed E-state index contributed by atoms with van der Waals surface area (Å²) in [5, 5.41) is 30.3. The summed E-state index contributed by atoms with van der Waals surface area (Å²) >= 11 is 6.32. The second kappa shape index (κ2) is 15.5. The Labute approximate surface area is 355 Å². The summed E-state index contributed by atoms with van der Waals surface area (Å²) in [4.78, 5) is 36.1. The second-order valence-electron chi connectivity index (χ2n) is 17.1. The van der Waals surface area contributed by atoms with Crippen LogP contribution in [0.3, 0.4) is 0 Å². The number of halogens is 1. The van der Waals surface area contributed by atoms with E-state index in [-0.39, 0.29) is 23.3 Å². The molecule has 6 aromatic carbocycles. The standard InChI is InChI=1S/C25H23N3O2.C19H11ClN2O.C6H13NO/c1-14-5-12-22-21(13-14)27-24-18-10-11-20(26-15-6-8-16(29)9-7-15)17-3-2-4-19(23(17)18)25(30)28(22)24;1-10-5-8-16-15(9-10)21-18-12-6-7-14(20)11-3-2-4-13(17(11)12)19(23)22(16)18;7-5-1-3-6(8)4-2-5/h2-5,10-13,15-16,26,29H,6-9H2,1H3;2-9H,1H3;5-6,8H,1-4,7H2. The van der Waals surface area contributed by atoms with Gasteiger partial charge < -0.3 is 21.3 Å². The van der Waals surface area contributed by atoms with Crippen LogP contribution in [0.1, 0.15) is 62.5 Å². The van der Waals surface area contributed by atoms with Gasteiger partial charge in [-0.3, -0.25) is 18.4 Å². The Balaban J connectivity index is 0.000000127. The van der Waals surface area contributed by atoms with Gasteiger partial charge in [-0.05, 0) is 137 Å². The molecule has 0 bridgehead atoms. The Morgan fingerprint density at radius 1 is 0.590 bits per heavy atom. The van der Waals surface area contributed by atoms with Crippen molar-refractivity contribution in [3.05, 3.63) is 134 Å². The minimum Gasteiger partial charge on any atom is -0.393 e. The van der Waals surface area contributed by atoms with Crippen molar-refractivity contribution < 1.29 is 10.2 Å². The number of hydrogen-bond donors (Lipinski definition) is 4.